The summed E-state index contributed by atoms with van der Waals surface area (Å²) in [6.07, 6.45) is 0.542. The van der Waals surface area contributed by atoms with Gasteiger partial charge in [0.25, 0.3) is 5.91 Å². The summed E-state index contributed by atoms with van der Waals surface area (Å²) in [5.41, 5.74) is 1.60. The molecule has 7 nitrogen and oxygen atoms in total. The first-order chi connectivity index (χ1) is 16.0. The SMILES string of the molecule is N#CCc1ccc(NC(=O)CN2C(=O)NC(Cc3ccccc3)(c3ccccc3)C2=O)cc1. The molecular formula is C26H22N4O3. The molecule has 33 heavy (non-hydrogen) atoms. The first-order valence-electron chi connectivity index (χ1n) is 10.5. The third-order valence-corrected chi connectivity index (χ3v) is 5.58. The van der Waals surface area contributed by atoms with Crippen molar-refractivity contribution in [3.8, 4) is 6.07 Å². The predicted octanol–water partition coefficient (Wildman–Crippen LogP) is 3.38. The van der Waals surface area contributed by atoms with Crippen molar-refractivity contribution in [1.82, 2.24) is 10.2 Å². The Labute approximate surface area is 191 Å². The number of hydrogen-bond acceptors (Lipinski definition) is 4. The minimum Gasteiger partial charge on any atom is -0.325 e. The number of nitrogens with one attached hydrogen (secondary N) is 2. The summed E-state index contributed by atoms with van der Waals surface area (Å²) in [6, 6.07) is 26.8. The summed E-state index contributed by atoms with van der Waals surface area (Å²) < 4.78 is 0. The minimum atomic E-state index is -1.29. The highest BCUT2D eigenvalue weighted by Gasteiger charge is 2.52. The summed E-state index contributed by atoms with van der Waals surface area (Å²) in [7, 11) is 0. The summed E-state index contributed by atoms with van der Waals surface area (Å²) in [6.45, 7) is -0.409. The average Bonchev–Trinajstić information content (AvgIpc) is 3.06. The fourth-order valence-electron chi connectivity index (χ4n) is 3.95. The van der Waals surface area contributed by atoms with Crippen molar-refractivity contribution in [1.29, 1.82) is 5.26 Å². The number of anilines is 1. The van der Waals surface area contributed by atoms with Gasteiger partial charge in [0.2, 0.25) is 5.91 Å². The van der Waals surface area contributed by atoms with E-state index in [1.165, 1.54) is 0 Å². The van der Waals surface area contributed by atoms with Gasteiger partial charge in [-0.3, -0.25) is 14.5 Å². The van der Waals surface area contributed by atoms with E-state index >= 15 is 0 Å². The lowest BCUT2D eigenvalue weighted by molar-refractivity contribution is -0.134. The minimum absolute atomic E-state index is 0.265. The van der Waals surface area contributed by atoms with Gasteiger partial charge in [-0.15, -0.1) is 0 Å². The number of amides is 4. The van der Waals surface area contributed by atoms with Gasteiger partial charge in [0.1, 0.15) is 6.54 Å². The first kappa shape index (κ1) is 21.8. The Morgan fingerprint density at radius 1 is 0.909 bits per heavy atom. The van der Waals surface area contributed by atoms with E-state index < -0.39 is 29.9 Å². The molecule has 1 fully saturated rings. The molecule has 3 aromatic rings. The Bertz CT molecular complexity index is 1200. The van der Waals surface area contributed by atoms with E-state index in [9.17, 15) is 14.4 Å². The molecule has 0 aromatic heterocycles. The van der Waals surface area contributed by atoms with Crippen molar-refractivity contribution in [2.45, 2.75) is 18.4 Å². The number of benzene rings is 3. The molecule has 0 spiro atoms. The lowest BCUT2D eigenvalue weighted by Crippen LogP contribution is -2.46. The summed E-state index contributed by atoms with van der Waals surface area (Å²) in [5, 5.41) is 14.3. The van der Waals surface area contributed by atoms with Crippen molar-refractivity contribution >= 4 is 23.5 Å². The zero-order valence-electron chi connectivity index (χ0n) is 17.8. The fraction of sp³-hybridized carbons (Fsp3) is 0.154. The maximum atomic E-state index is 13.6. The third kappa shape index (κ3) is 4.60. The molecule has 1 aliphatic heterocycles. The molecule has 0 aliphatic carbocycles. The molecule has 4 rings (SSSR count). The number of hydrogen-bond donors (Lipinski definition) is 2. The van der Waals surface area contributed by atoms with Crippen LogP contribution >= 0.6 is 0 Å². The second-order valence-electron chi connectivity index (χ2n) is 7.84. The van der Waals surface area contributed by atoms with Gasteiger partial charge in [-0.25, -0.2) is 4.79 Å². The molecule has 7 heteroatoms. The molecule has 1 aliphatic rings. The van der Waals surface area contributed by atoms with Crippen LogP contribution in [0.2, 0.25) is 0 Å². The van der Waals surface area contributed by atoms with Crippen LogP contribution in [-0.4, -0.2) is 29.3 Å². The van der Waals surface area contributed by atoms with Crippen LogP contribution in [0.15, 0.2) is 84.9 Å². The number of rotatable bonds is 7. The normalized spacial score (nSPS) is 17.4. The van der Waals surface area contributed by atoms with Crippen LogP contribution < -0.4 is 10.6 Å². The zero-order valence-corrected chi connectivity index (χ0v) is 17.8. The highest BCUT2D eigenvalue weighted by atomic mass is 16.2. The van der Waals surface area contributed by atoms with Gasteiger partial charge < -0.3 is 10.6 Å². The molecule has 3 aromatic carbocycles. The van der Waals surface area contributed by atoms with Gasteiger partial charge in [0.05, 0.1) is 12.5 Å². The summed E-state index contributed by atoms with van der Waals surface area (Å²) in [5.74, 6) is -0.961. The zero-order chi connectivity index (χ0) is 23.3. The van der Waals surface area contributed by atoms with Crippen molar-refractivity contribution in [3.63, 3.8) is 0 Å². The molecular weight excluding hydrogens is 416 g/mol. The van der Waals surface area contributed by atoms with E-state index in [-0.39, 0.29) is 12.8 Å². The molecule has 164 valence electrons. The molecule has 1 heterocycles. The quantitative estimate of drug-likeness (QED) is 0.552. The first-order valence-corrected chi connectivity index (χ1v) is 10.5. The van der Waals surface area contributed by atoms with E-state index in [4.69, 9.17) is 5.26 Å². The van der Waals surface area contributed by atoms with Crippen LogP contribution in [-0.2, 0) is 28.0 Å². The van der Waals surface area contributed by atoms with E-state index in [1.54, 1.807) is 36.4 Å². The standard InChI is InChI=1S/C26H22N4O3/c27-16-15-19-11-13-22(14-12-19)28-23(31)18-30-24(32)26(29-25(30)33,21-9-5-2-6-10-21)17-20-7-3-1-4-8-20/h1-14H,15,17-18H2,(H,28,31)(H,29,33). The number of carbonyl (C=O) groups excluding carboxylic acids is 3. The summed E-state index contributed by atoms with van der Waals surface area (Å²) in [4.78, 5) is 40.0. The lowest BCUT2D eigenvalue weighted by atomic mass is 9.83. The maximum absolute atomic E-state index is 13.6. The third-order valence-electron chi connectivity index (χ3n) is 5.58. The van der Waals surface area contributed by atoms with Crippen molar-refractivity contribution < 1.29 is 14.4 Å². The van der Waals surface area contributed by atoms with Crippen LogP contribution in [0.5, 0.6) is 0 Å². The van der Waals surface area contributed by atoms with Gasteiger partial charge in [-0.05, 0) is 28.8 Å². The highest BCUT2D eigenvalue weighted by molar-refractivity contribution is 6.10. The smallest absolute Gasteiger partial charge is 0.325 e. The monoisotopic (exact) mass is 438 g/mol. The predicted molar refractivity (Wildman–Crippen MR) is 123 cm³/mol. The van der Waals surface area contributed by atoms with Crippen molar-refractivity contribution in [3.05, 3.63) is 102 Å². The van der Waals surface area contributed by atoms with E-state index in [2.05, 4.69) is 16.7 Å². The Hall–Kier alpha value is -4.44. The van der Waals surface area contributed by atoms with Crippen LogP contribution in [0.3, 0.4) is 0 Å². The summed E-state index contributed by atoms with van der Waals surface area (Å²) >= 11 is 0. The van der Waals surface area contributed by atoms with E-state index in [0.717, 1.165) is 16.0 Å². The fourth-order valence-corrected chi connectivity index (χ4v) is 3.95. The second-order valence-corrected chi connectivity index (χ2v) is 7.84. The Kier molecular flexibility index (Phi) is 6.18. The largest absolute Gasteiger partial charge is 0.325 e. The topological polar surface area (TPSA) is 102 Å². The lowest BCUT2D eigenvalue weighted by Gasteiger charge is -2.27. The van der Waals surface area contributed by atoms with Gasteiger partial charge >= 0.3 is 6.03 Å². The molecule has 1 unspecified atom stereocenters. The van der Waals surface area contributed by atoms with Gasteiger partial charge in [0, 0.05) is 12.1 Å². The molecule has 0 saturated carbocycles. The van der Waals surface area contributed by atoms with Crippen LogP contribution in [0.1, 0.15) is 16.7 Å². The molecule has 0 bridgehead atoms. The average molecular weight is 438 g/mol. The Morgan fingerprint density at radius 3 is 2.18 bits per heavy atom. The Morgan fingerprint density at radius 2 is 1.55 bits per heavy atom. The van der Waals surface area contributed by atoms with E-state index in [0.29, 0.717) is 11.3 Å². The molecule has 4 amide bonds. The number of imide groups is 1. The van der Waals surface area contributed by atoms with Gasteiger partial charge in [-0.1, -0.05) is 72.8 Å². The van der Waals surface area contributed by atoms with Crippen molar-refractivity contribution in [2.24, 2.45) is 0 Å². The van der Waals surface area contributed by atoms with Crippen LogP contribution in [0, 0.1) is 11.3 Å². The Balaban J connectivity index is 1.55. The second kappa shape index (κ2) is 9.37. The van der Waals surface area contributed by atoms with Gasteiger partial charge in [-0.2, -0.15) is 5.26 Å². The van der Waals surface area contributed by atoms with E-state index in [1.807, 2.05) is 48.5 Å². The van der Waals surface area contributed by atoms with Crippen LogP contribution in [0.4, 0.5) is 10.5 Å². The molecule has 1 atom stereocenters. The number of nitrogens with zero attached hydrogens (tertiary/aromatic N) is 2. The maximum Gasteiger partial charge on any atom is 0.325 e. The van der Waals surface area contributed by atoms with Crippen molar-refractivity contribution in [2.75, 3.05) is 11.9 Å². The molecule has 1 saturated heterocycles. The number of carbonyl (C=O) groups is 3. The molecule has 0 radical (unpaired) electrons. The van der Waals surface area contributed by atoms with Gasteiger partial charge in [0.15, 0.2) is 5.54 Å². The highest BCUT2D eigenvalue weighted by Crippen LogP contribution is 2.33. The molecule has 2 N–H and O–H groups in total. The number of urea groups is 1. The van der Waals surface area contributed by atoms with Crippen LogP contribution in [0.25, 0.3) is 0 Å². The number of nitriles is 1.